The lowest BCUT2D eigenvalue weighted by Gasteiger charge is -2.49. The van der Waals surface area contributed by atoms with Crippen LogP contribution in [0.4, 0.5) is 5.13 Å². The number of oxime groups is 1. The molecule has 5 heterocycles. The van der Waals surface area contributed by atoms with Crippen molar-refractivity contribution >= 4 is 68.8 Å². The summed E-state index contributed by atoms with van der Waals surface area (Å²) in [6.07, 6.45) is 3.61. The van der Waals surface area contributed by atoms with Crippen molar-refractivity contribution < 1.29 is 34.0 Å². The summed E-state index contributed by atoms with van der Waals surface area (Å²) in [5.41, 5.74) is 8.37. The van der Waals surface area contributed by atoms with Gasteiger partial charge < -0.3 is 30.5 Å². The van der Waals surface area contributed by atoms with E-state index in [-0.39, 0.29) is 39.7 Å². The fourth-order valence-electron chi connectivity index (χ4n) is 4.63. The number of nitrogen functional groups attached to an aromatic ring is 1. The summed E-state index contributed by atoms with van der Waals surface area (Å²) in [5.74, 6) is -2.23. The normalized spacial score (nSPS) is 19.2. The van der Waals surface area contributed by atoms with E-state index in [0.717, 1.165) is 28.2 Å². The lowest BCUT2D eigenvalue weighted by atomic mass is 10.0. The number of carboxylic acid groups (broad SMARTS) is 1. The number of carbonyl (C=O) groups is 3. The van der Waals surface area contributed by atoms with Gasteiger partial charge in [0.25, 0.3) is 11.8 Å². The Morgan fingerprint density at radius 1 is 1.41 bits per heavy atom. The maximum Gasteiger partial charge on any atom is 0.352 e. The van der Waals surface area contributed by atoms with Gasteiger partial charge in [0.15, 0.2) is 23.6 Å². The monoisotopic (exact) mass is 592 g/mol. The molecule has 2 aliphatic heterocycles. The first-order chi connectivity index (χ1) is 18.7. The number of aliphatic carboxylic acids is 1. The zero-order chi connectivity index (χ0) is 28.0. The Kier molecular flexibility index (Phi) is 7.24. The maximum atomic E-state index is 13.1. The van der Waals surface area contributed by atoms with Crippen LogP contribution in [0.3, 0.4) is 0 Å². The highest BCUT2D eigenvalue weighted by atomic mass is 35.5. The third kappa shape index (κ3) is 4.60. The van der Waals surface area contributed by atoms with E-state index in [1.54, 1.807) is 12.4 Å². The van der Waals surface area contributed by atoms with Gasteiger partial charge in [-0.2, -0.15) is 4.57 Å². The van der Waals surface area contributed by atoms with E-state index in [0.29, 0.717) is 11.3 Å². The van der Waals surface area contributed by atoms with Crippen molar-refractivity contribution in [2.24, 2.45) is 5.16 Å². The molecule has 3 aromatic rings. The zero-order valence-electron chi connectivity index (χ0n) is 20.6. The number of anilines is 1. The van der Waals surface area contributed by atoms with Crippen LogP contribution in [0, 0.1) is 6.92 Å². The Morgan fingerprint density at radius 3 is 2.82 bits per heavy atom. The summed E-state index contributed by atoms with van der Waals surface area (Å²) >= 11 is 8.43. The zero-order valence-corrected chi connectivity index (χ0v) is 23.0. The van der Waals surface area contributed by atoms with E-state index in [9.17, 15) is 24.6 Å². The average molecular weight is 593 g/mol. The minimum atomic E-state index is -1.23. The molecule has 1 saturated heterocycles. The average Bonchev–Trinajstić information content (AvgIpc) is 3.48. The fourth-order valence-corrected chi connectivity index (χ4v) is 6.90. The number of amides is 2. The second kappa shape index (κ2) is 10.5. The van der Waals surface area contributed by atoms with Gasteiger partial charge in [-0.3, -0.25) is 14.5 Å². The minimum absolute atomic E-state index is 0.0188. The van der Waals surface area contributed by atoms with E-state index in [4.69, 9.17) is 22.2 Å². The van der Waals surface area contributed by atoms with Crippen LogP contribution < -0.4 is 15.6 Å². The highest BCUT2D eigenvalue weighted by molar-refractivity contribution is 8.00. The van der Waals surface area contributed by atoms with Gasteiger partial charge in [-0.15, -0.1) is 11.8 Å². The predicted molar refractivity (Wildman–Crippen MR) is 143 cm³/mol. The van der Waals surface area contributed by atoms with Crippen LogP contribution in [0.2, 0.25) is 4.34 Å². The molecule has 0 radical (unpaired) electrons. The molecule has 2 aliphatic rings. The van der Waals surface area contributed by atoms with Crippen LogP contribution in [-0.2, 0) is 32.4 Å². The quantitative estimate of drug-likeness (QED) is 0.126. The standard InChI is InChI=1S/C23H22ClN7O6S2/c1-10-13-4-3-12(8-32)30(13)6-5-29(10)7-11-9-38-21-16(20(34)31(21)17(11)22(35)36)26-19(33)15(28-37-2)14-18(24)39-23(25)27-14/h3-6,16,21,32H,7-9H2,1-2H3,(H3-,25,26,27,33,35,36)/p+1/b28-15-/t16-,21+/m1/s1. The Hall–Kier alpha value is -3.66. The number of thioether (sulfide) groups is 1. The first-order valence-electron chi connectivity index (χ1n) is 11.5. The molecular weight excluding hydrogens is 570 g/mol. The lowest BCUT2D eigenvalue weighted by Crippen LogP contribution is -2.71. The van der Waals surface area contributed by atoms with E-state index >= 15 is 0 Å². The number of aliphatic hydroxyl groups is 1. The molecule has 0 unspecified atom stereocenters. The number of carbonyl (C=O) groups excluding carboxylic acids is 2. The first kappa shape index (κ1) is 26.9. The fraction of sp³-hybridized carbons (Fsp3) is 0.304. The summed E-state index contributed by atoms with van der Waals surface area (Å²) in [7, 11) is 1.25. The molecule has 13 nitrogen and oxygen atoms in total. The van der Waals surface area contributed by atoms with Gasteiger partial charge in [0.2, 0.25) is 5.69 Å². The highest BCUT2D eigenvalue weighted by Gasteiger charge is 2.55. The van der Waals surface area contributed by atoms with Crippen LogP contribution >= 0.6 is 34.7 Å². The van der Waals surface area contributed by atoms with Crippen molar-refractivity contribution in [1.82, 2.24) is 19.6 Å². The number of nitrogens with two attached hydrogens (primary N) is 1. The molecule has 0 aromatic carbocycles. The number of halogens is 1. The van der Waals surface area contributed by atoms with Gasteiger partial charge in [0, 0.05) is 23.9 Å². The van der Waals surface area contributed by atoms with Crippen LogP contribution in [-0.4, -0.2) is 72.3 Å². The van der Waals surface area contributed by atoms with Gasteiger partial charge >= 0.3 is 5.97 Å². The molecule has 2 amide bonds. The summed E-state index contributed by atoms with van der Waals surface area (Å²) < 4.78 is 3.90. The summed E-state index contributed by atoms with van der Waals surface area (Å²) in [5, 5.41) is 25.4. The number of fused-ring (bicyclic) bond motifs is 2. The number of thiazole rings is 1. The van der Waals surface area contributed by atoms with Gasteiger partial charge in [-0.25, -0.2) is 9.78 Å². The third-order valence-electron chi connectivity index (χ3n) is 6.48. The molecule has 16 heteroatoms. The van der Waals surface area contributed by atoms with Crippen LogP contribution in [0.25, 0.3) is 5.52 Å². The number of carboxylic acids is 1. The Bertz CT molecular complexity index is 1580. The number of hydrogen-bond acceptors (Lipinski definition) is 10. The van der Waals surface area contributed by atoms with E-state index in [1.807, 2.05) is 28.0 Å². The van der Waals surface area contributed by atoms with Crippen molar-refractivity contribution in [3.8, 4) is 0 Å². The summed E-state index contributed by atoms with van der Waals surface area (Å²) in [4.78, 5) is 48.5. The number of nitrogens with zero attached hydrogens (tertiary/aromatic N) is 5. The molecule has 39 heavy (non-hydrogen) atoms. The molecule has 2 atom stereocenters. The largest absolute Gasteiger partial charge is 0.477 e. The molecule has 0 bridgehead atoms. The van der Waals surface area contributed by atoms with E-state index in [1.165, 1.54) is 23.8 Å². The molecule has 5 N–H and O–H groups in total. The topological polar surface area (TPSA) is 176 Å². The van der Waals surface area contributed by atoms with Crippen molar-refractivity contribution in [1.29, 1.82) is 0 Å². The lowest BCUT2D eigenvalue weighted by molar-refractivity contribution is -0.694. The minimum Gasteiger partial charge on any atom is -0.477 e. The van der Waals surface area contributed by atoms with Gasteiger partial charge in [-0.1, -0.05) is 28.1 Å². The van der Waals surface area contributed by atoms with Crippen LogP contribution in [0.15, 0.2) is 41.0 Å². The second-order valence-electron chi connectivity index (χ2n) is 8.66. The molecule has 0 spiro atoms. The number of aryl methyl sites for hydroxylation is 1. The van der Waals surface area contributed by atoms with Crippen molar-refractivity contribution in [3.05, 3.63) is 57.2 Å². The molecule has 5 rings (SSSR count). The van der Waals surface area contributed by atoms with E-state index in [2.05, 4.69) is 15.5 Å². The number of aliphatic hydroxyl groups excluding tert-OH is 1. The summed E-state index contributed by atoms with van der Waals surface area (Å²) in [6, 6.07) is 2.72. The molecule has 0 aliphatic carbocycles. The SMILES string of the molecule is CO/N=C(\C(=O)N[C@@H]1C(=O)N2C(C(=O)O)=C(C[n+]3ccn4c(CO)ccc4c3C)CS[C@@H]12)c1nc(N)sc1Cl. The van der Waals surface area contributed by atoms with Gasteiger partial charge in [0.05, 0.1) is 12.8 Å². The van der Waals surface area contributed by atoms with Gasteiger partial charge in [-0.05, 0) is 12.1 Å². The highest BCUT2D eigenvalue weighted by Crippen LogP contribution is 2.40. The number of aromatic nitrogens is 3. The summed E-state index contributed by atoms with van der Waals surface area (Å²) in [6.45, 7) is 2.04. The molecule has 0 saturated carbocycles. The third-order valence-corrected chi connectivity index (χ3v) is 8.91. The number of β-lactam (4-membered cyclic amide) rings is 1. The predicted octanol–water partition coefficient (Wildman–Crippen LogP) is 0.509. The number of nitrogens with one attached hydrogen (secondary N) is 1. The second-order valence-corrected chi connectivity index (χ2v) is 11.4. The Balaban J connectivity index is 1.38. The van der Waals surface area contributed by atoms with Crippen molar-refractivity contribution in [3.63, 3.8) is 0 Å². The Labute approximate surface area is 234 Å². The van der Waals surface area contributed by atoms with Crippen molar-refractivity contribution in [2.45, 2.75) is 31.5 Å². The number of rotatable bonds is 8. The van der Waals surface area contributed by atoms with Crippen molar-refractivity contribution in [2.75, 3.05) is 18.6 Å². The number of hydrogen-bond donors (Lipinski definition) is 4. The first-order valence-corrected chi connectivity index (χ1v) is 13.7. The van der Waals surface area contributed by atoms with E-state index < -0.39 is 29.2 Å². The van der Waals surface area contributed by atoms with Gasteiger partial charge in [0.1, 0.15) is 39.8 Å². The maximum absolute atomic E-state index is 13.1. The molecule has 1 fully saturated rings. The van der Waals surface area contributed by atoms with Crippen LogP contribution in [0.1, 0.15) is 17.1 Å². The molecule has 204 valence electrons. The smallest absolute Gasteiger partial charge is 0.352 e. The molecule has 3 aromatic heterocycles. The van der Waals surface area contributed by atoms with Crippen LogP contribution in [0.5, 0.6) is 0 Å². The Morgan fingerprint density at radius 2 is 2.18 bits per heavy atom. The molecular formula is C23H23ClN7O6S2+.